The molecule has 3 rings (SSSR count). The third-order valence-electron chi connectivity index (χ3n) is 3.69. The number of pyridine rings is 1. The zero-order chi connectivity index (χ0) is 19.9. The fraction of sp³-hybridized carbons (Fsp3) is 0.100. The molecule has 0 saturated carbocycles. The van der Waals surface area contributed by atoms with Gasteiger partial charge in [-0.25, -0.2) is 13.8 Å². The molecule has 0 fully saturated rings. The van der Waals surface area contributed by atoms with Crippen LogP contribution in [0.5, 0.6) is 11.5 Å². The minimum absolute atomic E-state index is 0.234. The summed E-state index contributed by atoms with van der Waals surface area (Å²) >= 11 is 0. The maximum absolute atomic E-state index is 13.7. The molecule has 0 aliphatic rings. The second-order valence-electron chi connectivity index (χ2n) is 5.64. The van der Waals surface area contributed by atoms with Crippen LogP contribution < -0.4 is 20.1 Å². The molecule has 1 heterocycles. The number of methoxy groups -OCH3 is 1. The first kappa shape index (κ1) is 19.1. The standard InChI is InChI=1S/C20H17F2N3O3/c1-27-16-7-2-3-8-17(16)28-12-19(26)25-18-10-9-13(11-23-18)24-20-14(21)5-4-6-15(20)22/h2-11,24H,12H2,1H3,(H,23,25,26). The second-order valence-corrected chi connectivity index (χ2v) is 5.64. The molecule has 0 radical (unpaired) electrons. The van der Waals surface area contributed by atoms with Crippen molar-refractivity contribution in [2.75, 3.05) is 24.4 Å². The van der Waals surface area contributed by atoms with E-state index in [2.05, 4.69) is 15.6 Å². The minimum Gasteiger partial charge on any atom is -0.493 e. The molecule has 6 nitrogen and oxygen atoms in total. The number of carbonyl (C=O) groups is 1. The van der Waals surface area contributed by atoms with Gasteiger partial charge in [0.1, 0.15) is 23.1 Å². The Kier molecular flexibility index (Phi) is 6.01. The van der Waals surface area contributed by atoms with E-state index in [1.807, 2.05) is 0 Å². The SMILES string of the molecule is COc1ccccc1OCC(=O)Nc1ccc(Nc2c(F)cccc2F)cn1. The molecular formula is C20H17F2N3O3. The first-order chi connectivity index (χ1) is 13.6. The average molecular weight is 385 g/mol. The quantitative estimate of drug-likeness (QED) is 0.640. The molecule has 28 heavy (non-hydrogen) atoms. The van der Waals surface area contributed by atoms with Gasteiger partial charge in [0.15, 0.2) is 18.1 Å². The molecule has 0 atom stereocenters. The van der Waals surface area contributed by atoms with Gasteiger partial charge < -0.3 is 20.1 Å². The molecule has 8 heteroatoms. The Labute approximate surface area is 160 Å². The fourth-order valence-electron chi connectivity index (χ4n) is 2.36. The van der Waals surface area contributed by atoms with Gasteiger partial charge >= 0.3 is 0 Å². The number of carbonyl (C=O) groups excluding carboxylic acids is 1. The molecule has 2 aromatic carbocycles. The Balaban J connectivity index is 1.57. The number of amides is 1. The van der Waals surface area contributed by atoms with Crippen molar-refractivity contribution in [2.24, 2.45) is 0 Å². The van der Waals surface area contributed by atoms with E-state index in [1.165, 1.54) is 31.5 Å². The van der Waals surface area contributed by atoms with E-state index in [0.29, 0.717) is 17.2 Å². The number of nitrogens with zero attached hydrogens (tertiary/aromatic N) is 1. The van der Waals surface area contributed by atoms with Crippen molar-refractivity contribution in [1.82, 2.24) is 4.98 Å². The number of nitrogens with one attached hydrogen (secondary N) is 2. The van der Waals surface area contributed by atoms with Crippen LogP contribution in [0, 0.1) is 11.6 Å². The summed E-state index contributed by atoms with van der Waals surface area (Å²) < 4.78 is 37.9. The van der Waals surface area contributed by atoms with Crippen molar-refractivity contribution >= 4 is 23.1 Å². The Morgan fingerprint density at radius 1 is 1.00 bits per heavy atom. The van der Waals surface area contributed by atoms with Gasteiger partial charge in [-0.1, -0.05) is 18.2 Å². The molecule has 0 unspecified atom stereocenters. The summed E-state index contributed by atoms with van der Waals surface area (Å²) in [6.07, 6.45) is 1.35. The monoisotopic (exact) mass is 385 g/mol. The van der Waals surface area contributed by atoms with Crippen LogP contribution in [-0.4, -0.2) is 24.6 Å². The Morgan fingerprint density at radius 3 is 2.36 bits per heavy atom. The normalized spacial score (nSPS) is 10.2. The lowest BCUT2D eigenvalue weighted by Crippen LogP contribution is -2.20. The van der Waals surface area contributed by atoms with E-state index in [9.17, 15) is 13.6 Å². The first-order valence-corrected chi connectivity index (χ1v) is 8.29. The number of hydrogen-bond acceptors (Lipinski definition) is 5. The lowest BCUT2D eigenvalue weighted by Gasteiger charge is -2.11. The van der Waals surface area contributed by atoms with Crippen molar-refractivity contribution in [2.45, 2.75) is 0 Å². The average Bonchev–Trinajstić information content (AvgIpc) is 2.71. The maximum Gasteiger partial charge on any atom is 0.263 e. The lowest BCUT2D eigenvalue weighted by molar-refractivity contribution is -0.118. The number of aromatic nitrogens is 1. The molecule has 0 aliphatic carbocycles. The summed E-state index contributed by atoms with van der Waals surface area (Å²) in [7, 11) is 1.51. The Bertz CT molecular complexity index is 945. The van der Waals surface area contributed by atoms with Crippen LogP contribution in [0.1, 0.15) is 0 Å². The number of ether oxygens (including phenoxy) is 2. The summed E-state index contributed by atoms with van der Waals surface area (Å²) in [5, 5.41) is 5.19. The van der Waals surface area contributed by atoms with Gasteiger partial charge in [-0.15, -0.1) is 0 Å². The third-order valence-corrected chi connectivity index (χ3v) is 3.69. The predicted molar refractivity (Wildman–Crippen MR) is 101 cm³/mol. The van der Waals surface area contributed by atoms with E-state index < -0.39 is 17.5 Å². The van der Waals surface area contributed by atoms with Crippen LogP contribution >= 0.6 is 0 Å². The highest BCUT2D eigenvalue weighted by Crippen LogP contribution is 2.26. The van der Waals surface area contributed by atoms with Gasteiger partial charge in [-0.2, -0.15) is 0 Å². The van der Waals surface area contributed by atoms with Gasteiger partial charge in [0.05, 0.1) is 19.0 Å². The van der Waals surface area contributed by atoms with E-state index >= 15 is 0 Å². The van der Waals surface area contributed by atoms with Crippen LogP contribution in [-0.2, 0) is 4.79 Å². The van der Waals surface area contributed by atoms with Gasteiger partial charge in [0.25, 0.3) is 5.91 Å². The van der Waals surface area contributed by atoms with Crippen molar-refractivity contribution in [3.63, 3.8) is 0 Å². The summed E-state index contributed by atoms with van der Waals surface area (Å²) in [5.41, 5.74) is 0.0959. The molecule has 1 aromatic heterocycles. The summed E-state index contributed by atoms with van der Waals surface area (Å²) in [6, 6.07) is 13.6. The number of rotatable bonds is 7. The molecule has 144 valence electrons. The number of halogens is 2. The number of anilines is 3. The number of para-hydroxylation sites is 3. The minimum atomic E-state index is -0.717. The molecule has 0 aliphatic heterocycles. The van der Waals surface area contributed by atoms with E-state index in [0.717, 1.165) is 12.1 Å². The number of hydrogen-bond donors (Lipinski definition) is 2. The first-order valence-electron chi connectivity index (χ1n) is 8.29. The molecule has 0 saturated heterocycles. The van der Waals surface area contributed by atoms with E-state index in [4.69, 9.17) is 9.47 Å². The maximum atomic E-state index is 13.7. The summed E-state index contributed by atoms with van der Waals surface area (Å²) in [5.74, 6) is -0.618. The van der Waals surface area contributed by atoms with Crippen LogP contribution in [0.3, 0.4) is 0 Å². The zero-order valence-corrected chi connectivity index (χ0v) is 14.9. The highest BCUT2D eigenvalue weighted by Gasteiger charge is 2.10. The zero-order valence-electron chi connectivity index (χ0n) is 14.9. The van der Waals surface area contributed by atoms with Crippen molar-refractivity contribution in [3.05, 3.63) is 72.4 Å². The fourth-order valence-corrected chi connectivity index (χ4v) is 2.36. The molecular weight excluding hydrogens is 368 g/mol. The van der Waals surface area contributed by atoms with Crippen LogP contribution in [0.25, 0.3) is 0 Å². The molecule has 0 spiro atoms. The second kappa shape index (κ2) is 8.81. The smallest absolute Gasteiger partial charge is 0.263 e. The molecule has 3 aromatic rings. The van der Waals surface area contributed by atoms with Gasteiger partial charge in [-0.05, 0) is 36.4 Å². The Hall–Kier alpha value is -3.68. The predicted octanol–water partition coefficient (Wildman–Crippen LogP) is 4.13. The van der Waals surface area contributed by atoms with Crippen LogP contribution in [0.15, 0.2) is 60.8 Å². The van der Waals surface area contributed by atoms with E-state index in [-0.39, 0.29) is 18.1 Å². The van der Waals surface area contributed by atoms with Crippen molar-refractivity contribution < 1.29 is 23.0 Å². The van der Waals surface area contributed by atoms with Gasteiger partial charge in [-0.3, -0.25) is 4.79 Å². The lowest BCUT2D eigenvalue weighted by atomic mass is 10.2. The van der Waals surface area contributed by atoms with Gasteiger partial charge in [0, 0.05) is 0 Å². The third kappa shape index (κ3) is 4.73. The van der Waals surface area contributed by atoms with Crippen LogP contribution in [0.2, 0.25) is 0 Å². The molecule has 2 N–H and O–H groups in total. The summed E-state index contributed by atoms with van der Waals surface area (Å²) in [6.45, 7) is -0.234. The van der Waals surface area contributed by atoms with Crippen molar-refractivity contribution in [3.8, 4) is 11.5 Å². The molecule has 0 bridgehead atoms. The molecule has 1 amide bonds. The Morgan fingerprint density at radius 2 is 1.71 bits per heavy atom. The van der Waals surface area contributed by atoms with Crippen molar-refractivity contribution in [1.29, 1.82) is 0 Å². The number of benzene rings is 2. The topological polar surface area (TPSA) is 72.5 Å². The van der Waals surface area contributed by atoms with E-state index in [1.54, 1.807) is 24.3 Å². The highest BCUT2D eigenvalue weighted by molar-refractivity contribution is 5.91. The highest BCUT2D eigenvalue weighted by atomic mass is 19.1. The summed E-state index contributed by atoms with van der Waals surface area (Å²) in [4.78, 5) is 16.1. The largest absolute Gasteiger partial charge is 0.493 e. The van der Waals surface area contributed by atoms with Crippen LogP contribution in [0.4, 0.5) is 26.0 Å². The van der Waals surface area contributed by atoms with Gasteiger partial charge in [0.2, 0.25) is 0 Å².